The third kappa shape index (κ3) is 4.19. The lowest BCUT2D eigenvalue weighted by atomic mass is 9.48. The van der Waals surface area contributed by atoms with E-state index < -0.39 is 0 Å². The van der Waals surface area contributed by atoms with E-state index in [9.17, 15) is 14.4 Å². The van der Waals surface area contributed by atoms with Gasteiger partial charge in [0.2, 0.25) is 0 Å². The molecule has 0 heterocycles. The van der Waals surface area contributed by atoms with Gasteiger partial charge in [-0.05, 0) is 80.5 Å². The molecule has 6 heteroatoms. The van der Waals surface area contributed by atoms with E-state index in [0.29, 0.717) is 18.3 Å². The van der Waals surface area contributed by atoms with Crippen LogP contribution in [0.1, 0.15) is 92.4 Å². The number of hydrogen-bond donors (Lipinski definition) is 0. The van der Waals surface area contributed by atoms with Gasteiger partial charge in [0, 0.05) is 25.7 Å². The summed E-state index contributed by atoms with van der Waals surface area (Å²) >= 11 is 0. The Kier molecular flexibility index (Phi) is 6.91. The van der Waals surface area contributed by atoms with E-state index in [4.69, 9.17) is 14.2 Å². The quantitative estimate of drug-likeness (QED) is 0.302. The Bertz CT molecular complexity index is 876. The zero-order valence-electron chi connectivity index (χ0n) is 21.8. The van der Waals surface area contributed by atoms with Gasteiger partial charge in [0.25, 0.3) is 0 Å². The fourth-order valence-electron chi connectivity index (χ4n) is 8.53. The Morgan fingerprint density at radius 2 is 1.71 bits per heavy atom. The average molecular weight is 475 g/mol. The van der Waals surface area contributed by atoms with Crippen LogP contribution < -0.4 is 0 Å². The monoisotopic (exact) mass is 474 g/mol. The zero-order valence-corrected chi connectivity index (χ0v) is 21.8. The molecule has 0 saturated heterocycles. The zero-order chi connectivity index (χ0) is 24.8. The molecule has 4 aliphatic carbocycles. The number of allylic oxidation sites excluding steroid dienone is 1. The van der Waals surface area contributed by atoms with Gasteiger partial charge in [-0.3, -0.25) is 14.4 Å². The van der Waals surface area contributed by atoms with Crippen LogP contribution in [0.25, 0.3) is 0 Å². The lowest BCUT2D eigenvalue weighted by molar-refractivity contribution is -0.161. The normalized spacial score (nSPS) is 39.9. The first-order valence-electron chi connectivity index (χ1n) is 13.1. The van der Waals surface area contributed by atoms with E-state index >= 15 is 0 Å². The lowest BCUT2D eigenvalue weighted by Crippen LogP contribution is -2.53. The van der Waals surface area contributed by atoms with Crippen LogP contribution in [0.15, 0.2) is 11.1 Å². The minimum absolute atomic E-state index is 0.0259. The second-order valence-corrected chi connectivity index (χ2v) is 11.8. The minimum atomic E-state index is -0.233. The van der Waals surface area contributed by atoms with Crippen LogP contribution in [0.5, 0.6) is 0 Å². The Hall–Kier alpha value is -1.85. The van der Waals surface area contributed by atoms with Crippen molar-refractivity contribution in [3.8, 4) is 0 Å². The summed E-state index contributed by atoms with van der Waals surface area (Å²) in [6, 6.07) is 0. The maximum atomic E-state index is 12.3. The highest BCUT2D eigenvalue weighted by Crippen LogP contribution is 2.66. The first kappa shape index (κ1) is 25.2. The number of hydrogen-bond acceptors (Lipinski definition) is 6. The molecule has 34 heavy (non-hydrogen) atoms. The average Bonchev–Trinajstić information content (AvgIpc) is 3.12. The molecule has 4 rings (SSSR count). The van der Waals surface area contributed by atoms with Gasteiger partial charge in [-0.2, -0.15) is 0 Å². The van der Waals surface area contributed by atoms with Gasteiger partial charge < -0.3 is 14.2 Å². The molecule has 4 aliphatic rings. The molecule has 0 aliphatic heterocycles. The van der Waals surface area contributed by atoms with Gasteiger partial charge in [0.15, 0.2) is 0 Å². The van der Waals surface area contributed by atoms with Crippen molar-refractivity contribution in [1.29, 1.82) is 0 Å². The molecule has 0 bridgehead atoms. The molecule has 0 aromatic carbocycles. The molecular formula is C28H42O6. The van der Waals surface area contributed by atoms with E-state index in [-0.39, 0.29) is 52.8 Å². The highest BCUT2D eigenvalue weighted by atomic mass is 16.5. The Labute approximate surface area is 204 Å². The molecule has 0 unspecified atom stereocenters. The summed E-state index contributed by atoms with van der Waals surface area (Å²) in [5.41, 5.74) is 3.00. The summed E-state index contributed by atoms with van der Waals surface area (Å²) < 4.78 is 16.7. The molecule has 6 nitrogen and oxygen atoms in total. The van der Waals surface area contributed by atoms with E-state index in [0.717, 1.165) is 51.4 Å². The summed E-state index contributed by atoms with van der Waals surface area (Å²) in [7, 11) is 1.45. The Morgan fingerprint density at radius 1 is 1.00 bits per heavy atom. The van der Waals surface area contributed by atoms with Crippen LogP contribution in [0.3, 0.4) is 0 Å². The molecule has 0 aromatic rings. The third-order valence-corrected chi connectivity index (χ3v) is 10.1. The van der Waals surface area contributed by atoms with Crippen molar-refractivity contribution in [3.63, 3.8) is 0 Å². The largest absolute Gasteiger partial charge is 0.469 e. The molecule has 0 amide bonds. The van der Waals surface area contributed by atoms with Crippen molar-refractivity contribution in [2.45, 2.75) is 105 Å². The van der Waals surface area contributed by atoms with E-state index in [2.05, 4.69) is 20.8 Å². The van der Waals surface area contributed by atoms with Gasteiger partial charge >= 0.3 is 17.9 Å². The number of ether oxygens (including phenoxy) is 3. The molecule has 190 valence electrons. The smallest absolute Gasteiger partial charge is 0.305 e. The van der Waals surface area contributed by atoms with Crippen molar-refractivity contribution >= 4 is 17.9 Å². The number of rotatable bonds is 5. The molecule has 0 spiro atoms. The maximum Gasteiger partial charge on any atom is 0.305 e. The second-order valence-electron chi connectivity index (χ2n) is 11.8. The molecule has 8 atom stereocenters. The molecule has 3 fully saturated rings. The second kappa shape index (κ2) is 9.31. The van der Waals surface area contributed by atoms with Crippen molar-refractivity contribution in [3.05, 3.63) is 11.1 Å². The molecular weight excluding hydrogens is 432 g/mol. The van der Waals surface area contributed by atoms with E-state index in [1.165, 1.54) is 26.5 Å². The van der Waals surface area contributed by atoms with Crippen LogP contribution in [0.2, 0.25) is 0 Å². The summed E-state index contributed by atoms with van der Waals surface area (Å²) in [4.78, 5) is 35.9. The highest BCUT2D eigenvalue weighted by Gasteiger charge is 2.60. The number of carbonyl (C=O) groups is 3. The summed E-state index contributed by atoms with van der Waals surface area (Å²) in [5, 5.41) is 0. The standard InChI is InChI=1S/C28H42O6/c1-16(13-26(31)32-6)22-9-10-23-21-8-7-19-14-20(33-17(2)29)11-12-27(19,4)24(21)15-25(28(22,23)5)34-18(3)30/h16,19-20,22,24-25H,7-15H2,1-6H3/t16-,19-,20-,22+,24-,25+,27+,28+/m1/s1. The first-order valence-corrected chi connectivity index (χ1v) is 13.1. The van der Waals surface area contributed by atoms with Crippen LogP contribution in [-0.2, 0) is 28.6 Å². The topological polar surface area (TPSA) is 78.9 Å². The van der Waals surface area contributed by atoms with Crippen LogP contribution in [-0.4, -0.2) is 37.2 Å². The SMILES string of the molecule is COC(=O)C[C@@H](C)[C@@H]1CCC2=C3CC[C@@H]4C[C@H](OC(C)=O)CC[C@]4(C)[C@@H]3C[C@H](OC(C)=O)[C@]21C. The fourth-order valence-corrected chi connectivity index (χ4v) is 8.53. The minimum Gasteiger partial charge on any atom is -0.469 e. The predicted molar refractivity (Wildman–Crippen MR) is 128 cm³/mol. The molecule has 0 radical (unpaired) electrons. The molecule has 0 aromatic heterocycles. The first-order chi connectivity index (χ1) is 16.0. The van der Waals surface area contributed by atoms with E-state index in [1.807, 2.05) is 0 Å². The van der Waals surface area contributed by atoms with Crippen molar-refractivity contribution in [2.24, 2.45) is 34.5 Å². The molecule has 0 N–H and O–H groups in total. The lowest BCUT2D eigenvalue weighted by Gasteiger charge is -2.58. The molecule has 3 saturated carbocycles. The summed E-state index contributed by atoms with van der Waals surface area (Å²) in [6.45, 7) is 9.87. The summed E-state index contributed by atoms with van der Waals surface area (Å²) in [6.07, 6.45) is 8.20. The van der Waals surface area contributed by atoms with Gasteiger partial charge in [-0.25, -0.2) is 0 Å². The Morgan fingerprint density at radius 3 is 2.35 bits per heavy atom. The predicted octanol–water partition coefficient (Wildman–Crippen LogP) is 5.38. The number of carbonyl (C=O) groups excluding carboxylic acids is 3. The van der Waals surface area contributed by atoms with Crippen molar-refractivity contribution < 1.29 is 28.6 Å². The maximum absolute atomic E-state index is 12.3. The number of esters is 3. The number of fused-ring (bicyclic) bond motifs is 4. The van der Waals surface area contributed by atoms with Crippen LogP contribution >= 0.6 is 0 Å². The van der Waals surface area contributed by atoms with Crippen molar-refractivity contribution in [2.75, 3.05) is 7.11 Å². The Balaban J connectivity index is 1.68. The van der Waals surface area contributed by atoms with Gasteiger partial charge in [-0.1, -0.05) is 31.9 Å². The number of methoxy groups -OCH3 is 1. The van der Waals surface area contributed by atoms with Crippen LogP contribution in [0, 0.1) is 34.5 Å². The third-order valence-electron chi connectivity index (χ3n) is 10.1. The van der Waals surface area contributed by atoms with Gasteiger partial charge in [0.05, 0.1) is 7.11 Å². The fraction of sp³-hybridized carbons (Fsp3) is 0.821. The highest BCUT2D eigenvalue weighted by molar-refractivity contribution is 5.69. The van der Waals surface area contributed by atoms with Crippen molar-refractivity contribution in [1.82, 2.24) is 0 Å². The van der Waals surface area contributed by atoms with Gasteiger partial charge in [-0.15, -0.1) is 0 Å². The van der Waals surface area contributed by atoms with E-state index in [1.54, 1.807) is 5.57 Å². The summed E-state index contributed by atoms with van der Waals surface area (Å²) in [5.74, 6) is 0.766. The van der Waals surface area contributed by atoms with Gasteiger partial charge in [0.1, 0.15) is 12.2 Å². The van der Waals surface area contributed by atoms with Crippen LogP contribution in [0.4, 0.5) is 0 Å².